The first-order valence-electron chi connectivity index (χ1n) is 6.77. The first kappa shape index (κ1) is 12.0. The summed E-state index contributed by atoms with van der Waals surface area (Å²) in [6, 6.07) is 5.04. The van der Waals surface area contributed by atoms with Crippen LogP contribution in [0.5, 0.6) is 5.75 Å². The lowest BCUT2D eigenvalue weighted by molar-refractivity contribution is 0.382. The van der Waals surface area contributed by atoms with Gasteiger partial charge in [0.15, 0.2) is 0 Å². The highest BCUT2D eigenvalue weighted by molar-refractivity contribution is 5.38. The predicted octanol–water partition coefficient (Wildman–Crippen LogP) is 3.14. The Morgan fingerprint density at radius 1 is 1.33 bits per heavy atom. The van der Waals surface area contributed by atoms with E-state index in [2.05, 4.69) is 5.32 Å². The van der Waals surface area contributed by atoms with Crippen LogP contribution in [0.4, 0.5) is 4.39 Å². The van der Waals surface area contributed by atoms with Gasteiger partial charge in [-0.05, 0) is 55.8 Å². The van der Waals surface area contributed by atoms with Gasteiger partial charge < -0.3 is 10.1 Å². The Kier molecular flexibility index (Phi) is 3.02. The Bertz CT molecular complexity index is 438. The molecule has 2 aliphatic carbocycles. The van der Waals surface area contributed by atoms with Crippen LogP contribution in [0.3, 0.4) is 0 Å². The molecule has 2 saturated carbocycles. The van der Waals surface area contributed by atoms with Gasteiger partial charge in [0.2, 0.25) is 0 Å². The molecule has 2 nitrogen and oxygen atoms in total. The Hall–Kier alpha value is -1.09. The maximum absolute atomic E-state index is 13.5. The molecular weight excluding hydrogens is 229 g/mol. The van der Waals surface area contributed by atoms with Crippen LogP contribution in [0.1, 0.15) is 30.9 Å². The van der Waals surface area contributed by atoms with Gasteiger partial charge in [-0.15, -0.1) is 0 Å². The minimum atomic E-state index is -0.183. The molecule has 0 amide bonds. The molecule has 0 aliphatic heterocycles. The zero-order valence-electron chi connectivity index (χ0n) is 10.9. The van der Waals surface area contributed by atoms with Crippen LogP contribution in [-0.4, -0.2) is 14.2 Å². The Morgan fingerprint density at radius 3 is 2.67 bits per heavy atom. The second kappa shape index (κ2) is 4.54. The molecule has 3 heteroatoms. The van der Waals surface area contributed by atoms with Gasteiger partial charge in [0.05, 0.1) is 7.11 Å². The van der Waals surface area contributed by atoms with E-state index in [0.717, 1.165) is 23.1 Å². The van der Waals surface area contributed by atoms with Gasteiger partial charge in [0, 0.05) is 11.6 Å². The SMILES string of the molecule is CNC(c1cc(F)ccc1OC)C1C2CCCC21. The van der Waals surface area contributed by atoms with Gasteiger partial charge in [0.25, 0.3) is 0 Å². The number of hydrogen-bond acceptors (Lipinski definition) is 2. The Labute approximate surface area is 108 Å². The van der Waals surface area contributed by atoms with Crippen molar-refractivity contribution in [3.05, 3.63) is 29.6 Å². The number of rotatable bonds is 4. The number of benzene rings is 1. The van der Waals surface area contributed by atoms with Crippen molar-refractivity contribution in [2.45, 2.75) is 25.3 Å². The Morgan fingerprint density at radius 2 is 2.06 bits per heavy atom. The van der Waals surface area contributed by atoms with Crippen LogP contribution in [0.2, 0.25) is 0 Å². The molecular formula is C15H20FNO. The standard InChI is InChI=1S/C15H20FNO/c1-17-15(14-10-4-3-5-11(10)14)12-8-9(16)6-7-13(12)18-2/h6-8,10-11,14-15,17H,3-5H2,1-2H3. The fraction of sp³-hybridized carbons (Fsp3) is 0.600. The molecule has 0 radical (unpaired) electrons. The van der Waals surface area contributed by atoms with Crippen molar-refractivity contribution >= 4 is 0 Å². The number of fused-ring (bicyclic) bond motifs is 1. The quantitative estimate of drug-likeness (QED) is 0.885. The molecule has 3 atom stereocenters. The van der Waals surface area contributed by atoms with E-state index >= 15 is 0 Å². The molecule has 1 N–H and O–H groups in total. The largest absolute Gasteiger partial charge is 0.496 e. The summed E-state index contributed by atoms with van der Waals surface area (Å²) in [5, 5.41) is 3.36. The fourth-order valence-corrected chi connectivity index (χ4v) is 3.87. The third-order valence-electron chi connectivity index (χ3n) is 4.70. The molecule has 98 valence electrons. The molecule has 0 aromatic heterocycles. The van der Waals surface area contributed by atoms with E-state index in [0.29, 0.717) is 5.92 Å². The molecule has 3 unspecified atom stereocenters. The van der Waals surface area contributed by atoms with Gasteiger partial charge in [-0.2, -0.15) is 0 Å². The van der Waals surface area contributed by atoms with Gasteiger partial charge in [-0.1, -0.05) is 6.42 Å². The van der Waals surface area contributed by atoms with Gasteiger partial charge in [0.1, 0.15) is 11.6 Å². The van der Waals surface area contributed by atoms with E-state index in [1.165, 1.54) is 25.3 Å². The van der Waals surface area contributed by atoms with E-state index in [1.54, 1.807) is 19.2 Å². The summed E-state index contributed by atoms with van der Waals surface area (Å²) in [6.45, 7) is 0. The normalized spacial score (nSPS) is 30.9. The highest BCUT2D eigenvalue weighted by Crippen LogP contribution is 2.62. The summed E-state index contributed by atoms with van der Waals surface area (Å²) < 4.78 is 18.8. The third-order valence-corrected chi connectivity index (χ3v) is 4.70. The fourth-order valence-electron chi connectivity index (χ4n) is 3.87. The van der Waals surface area contributed by atoms with E-state index < -0.39 is 0 Å². The van der Waals surface area contributed by atoms with E-state index in [-0.39, 0.29) is 11.9 Å². The van der Waals surface area contributed by atoms with Gasteiger partial charge in [-0.25, -0.2) is 4.39 Å². The van der Waals surface area contributed by atoms with Crippen LogP contribution in [-0.2, 0) is 0 Å². The summed E-state index contributed by atoms with van der Waals surface area (Å²) in [6.07, 6.45) is 4.04. The van der Waals surface area contributed by atoms with E-state index in [4.69, 9.17) is 4.74 Å². The average Bonchev–Trinajstić information content (AvgIpc) is 2.85. The van der Waals surface area contributed by atoms with Crippen molar-refractivity contribution in [3.8, 4) is 5.75 Å². The van der Waals surface area contributed by atoms with Crippen molar-refractivity contribution in [1.82, 2.24) is 5.32 Å². The average molecular weight is 249 g/mol. The number of ether oxygens (including phenoxy) is 1. The molecule has 0 heterocycles. The van der Waals surface area contributed by atoms with E-state index in [9.17, 15) is 4.39 Å². The van der Waals surface area contributed by atoms with Gasteiger partial charge >= 0.3 is 0 Å². The number of nitrogens with one attached hydrogen (secondary N) is 1. The Balaban J connectivity index is 1.89. The van der Waals surface area contributed by atoms with Crippen molar-refractivity contribution in [1.29, 1.82) is 0 Å². The maximum atomic E-state index is 13.5. The molecule has 18 heavy (non-hydrogen) atoms. The van der Waals surface area contributed by atoms with Crippen LogP contribution in [0, 0.1) is 23.6 Å². The van der Waals surface area contributed by atoms with Crippen LogP contribution in [0.25, 0.3) is 0 Å². The zero-order valence-corrected chi connectivity index (χ0v) is 10.9. The molecule has 2 fully saturated rings. The minimum absolute atomic E-state index is 0.183. The summed E-state index contributed by atoms with van der Waals surface area (Å²) in [4.78, 5) is 0. The van der Waals surface area contributed by atoms with E-state index in [1.807, 2.05) is 7.05 Å². The lowest BCUT2D eigenvalue weighted by atomic mass is 9.96. The second-order valence-electron chi connectivity index (χ2n) is 5.49. The zero-order chi connectivity index (χ0) is 12.7. The molecule has 0 spiro atoms. The van der Waals surface area contributed by atoms with Gasteiger partial charge in [-0.3, -0.25) is 0 Å². The highest BCUT2D eigenvalue weighted by atomic mass is 19.1. The molecule has 0 bridgehead atoms. The predicted molar refractivity (Wildman–Crippen MR) is 69.1 cm³/mol. The summed E-state index contributed by atoms with van der Waals surface area (Å²) in [5.41, 5.74) is 0.972. The smallest absolute Gasteiger partial charge is 0.123 e. The second-order valence-corrected chi connectivity index (χ2v) is 5.49. The molecule has 0 saturated heterocycles. The van der Waals surface area contributed by atoms with Crippen molar-refractivity contribution in [2.24, 2.45) is 17.8 Å². The van der Waals surface area contributed by atoms with Crippen molar-refractivity contribution in [2.75, 3.05) is 14.2 Å². The molecule has 1 aromatic carbocycles. The highest BCUT2D eigenvalue weighted by Gasteiger charge is 2.56. The van der Waals surface area contributed by atoms with Crippen LogP contribution >= 0.6 is 0 Å². The van der Waals surface area contributed by atoms with Crippen LogP contribution < -0.4 is 10.1 Å². The summed E-state index contributed by atoms with van der Waals surface area (Å²) in [7, 11) is 3.61. The van der Waals surface area contributed by atoms with Crippen LogP contribution in [0.15, 0.2) is 18.2 Å². The summed E-state index contributed by atoms with van der Waals surface area (Å²) in [5.74, 6) is 2.96. The number of halogens is 1. The first-order valence-corrected chi connectivity index (χ1v) is 6.77. The number of methoxy groups -OCH3 is 1. The molecule has 3 rings (SSSR count). The topological polar surface area (TPSA) is 21.3 Å². The minimum Gasteiger partial charge on any atom is -0.496 e. The molecule has 1 aromatic rings. The number of hydrogen-bond donors (Lipinski definition) is 1. The summed E-state index contributed by atoms with van der Waals surface area (Å²) >= 11 is 0. The van der Waals surface area contributed by atoms with Crippen molar-refractivity contribution < 1.29 is 9.13 Å². The van der Waals surface area contributed by atoms with Crippen molar-refractivity contribution in [3.63, 3.8) is 0 Å². The maximum Gasteiger partial charge on any atom is 0.123 e. The lowest BCUT2D eigenvalue weighted by Crippen LogP contribution is -2.21. The lowest BCUT2D eigenvalue weighted by Gasteiger charge is -2.21. The monoisotopic (exact) mass is 249 g/mol. The first-order chi connectivity index (χ1) is 8.76. The third kappa shape index (κ3) is 1.81. The molecule has 2 aliphatic rings.